The molecule has 0 saturated carbocycles. The van der Waals surface area contributed by atoms with Crippen molar-refractivity contribution in [1.29, 1.82) is 0 Å². The molecule has 4 rings (SSSR count). The molecule has 0 unspecified atom stereocenters. The van der Waals surface area contributed by atoms with E-state index in [2.05, 4.69) is 20.8 Å². The third-order valence-corrected chi connectivity index (χ3v) is 8.54. The number of aliphatic hydroxyl groups excluding tert-OH is 1. The molecule has 5 nitrogen and oxygen atoms in total. The minimum atomic E-state index is -0.802. The van der Waals surface area contributed by atoms with Crippen LogP contribution in [0.3, 0.4) is 0 Å². The van der Waals surface area contributed by atoms with Gasteiger partial charge >= 0.3 is 5.97 Å². The van der Waals surface area contributed by atoms with Crippen LogP contribution in [0.4, 0.5) is 0 Å². The zero-order valence-electron chi connectivity index (χ0n) is 27.1. The number of carbonyl (C=O) groups excluding carboxylic acids is 1. The van der Waals surface area contributed by atoms with Crippen LogP contribution in [-0.2, 0) is 0 Å². The Balaban J connectivity index is 1.23. The van der Waals surface area contributed by atoms with Crippen molar-refractivity contribution in [2.75, 3.05) is 6.61 Å². The van der Waals surface area contributed by atoms with Gasteiger partial charge in [0.15, 0.2) is 0 Å². The molecule has 1 aliphatic carbocycles. The fraction of sp³-hybridized carbons (Fsp3) is 0.513. The first-order valence-electron chi connectivity index (χ1n) is 17.1. The molecule has 0 amide bonds. The van der Waals surface area contributed by atoms with Gasteiger partial charge in [-0.2, -0.15) is 0 Å². The monoisotopic (exact) mass is 600 g/mol. The van der Waals surface area contributed by atoms with Crippen molar-refractivity contribution in [2.24, 2.45) is 0 Å². The molecule has 0 aromatic heterocycles. The molecule has 5 heteroatoms. The topological polar surface area (TPSA) is 65.0 Å². The van der Waals surface area contributed by atoms with Gasteiger partial charge in [-0.3, -0.25) is 0 Å². The lowest BCUT2D eigenvalue weighted by Crippen LogP contribution is -2.11. The van der Waals surface area contributed by atoms with E-state index in [0.29, 0.717) is 17.9 Å². The number of esters is 1. The molecular formula is C39H52O5. The van der Waals surface area contributed by atoms with Gasteiger partial charge in [0.2, 0.25) is 0 Å². The molecule has 1 aliphatic rings. The van der Waals surface area contributed by atoms with Gasteiger partial charge in [-0.15, -0.1) is 0 Å². The molecule has 238 valence electrons. The summed E-state index contributed by atoms with van der Waals surface area (Å²) in [5, 5.41) is 11.2. The van der Waals surface area contributed by atoms with E-state index in [0.717, 1.165) is 53.0 Å². The fourth-order valence-electron chi connectivity index (χ4n) is 5.93. The molecule has 3 aromatic carbocycles. The first kappa shape index (κ1) is 33.6. The van der Waals surface area contributed by atoms with Gasteiger partial charge in [0.05, 0.1) is 18.3 Å². The molecular weight excluding hydrogens is 548 g/mol. The Bertz CT molecular complexity index is 1300. The maximum atomic E-state index is 12.9. The number of benzene rings is 3. The minimum absolute atomic E-state index is 0.122. The molecule has 0 spiro atoms. The lowest BCUT2D eigenvalue weighted by Gasteiger charge is -2.16. The summed E-state index contributed by atoms with van der Waals surface area (Å²) in [7, 11) is 0. The van der Waals surface area contributed by atoms with E-state index in [4.69, 9.17) is 14.2 Å². The molecule has 0 aliphatic heterocycles. The van der Waals surface area contributed by atoms with Crippen LogP contribution in [0.15, 0.2) is 60.7 Å². The summed E-state index contributed by atoms with van der Waals surface area (Å²) in [6.45, 7) is 7.26. The van der Waals surface area contributed by atoms with Crippen molar-refractivity contribution in [3.63, 3.8) is 0 Å². The van der Waals surface area contributed by atoms with E-state index in [-0.39, 0.29) is 6.10 Å². The number of carbonyl (C=O) groups is 1. The van der Waals surface area contributed by atoms with Crippen LogP contribution in [0.1, 0.15) is 138 Å². The zero-order valence-corrected chi connectivity index (χ0v) is 27.1. The molecule has 44 heavy (non-hydrogen) atoms. The number of rotatable bonds is 20. The van der Waals surface area contributed by atoms with E-state index in [1.807, 2.05) is 36.4 Å². The highest BCUT2D eigenvalue weighted by molar-refractivity contribution is 5.91. The molecule has 0 heterocycles. The highest BCUT2D eigenvalue weighted by Gasteiger charge is 2.28. The van der Waals surface area contributed by atoms with Gasteiger partial charge in [0.1, 0.15) is 23.4 Å². The van der Waals surface area contributed by atoms with Crippen molar-refractivity contribution in [3.8, 4) is 28.4 Å². The Morgan fingerprint density at radius 1 is 0.682 bits per heavy atom. The SMILES string of the molecule is CCCCCCCCCCCOc1ccc(C(=O)Oc2ccc3c(c2)[C@H](O)c2cc(O[C@H](C)CCCCCC)ccc2-3)cc1. The first-order valence-corrected chi connectivity index (χ1v) is 17.1. The summed E-state index contributed by atoms with van der Waals surface area (Å²) in [6.07, 6.45) is 16.7. The van der Waals surface area contributed by atoms with Gasteiger partial charge in [-0.1, -0.05) is 96.6 Å². The third-order valence-electron chi connectivity index (χ3n) is 8.54. The maximum Gasteiger partial charge on any atom is 0.343 e. The van der Waals surface area contributed by atoms with Crippen LogP contribution in [0, 0.1) is 0 Å². The van der Waals surface area contributed by atoms with Crippen molar-refractivity contribution < 1.29 is 24.1 Å². The van der Waals surface area contributed by atoms with Crippen molar-refractivity contribution >= 4 is 5.97 Å². The van der Waals surface area contributed by atoms with Crippen LogP contribution in [0.25, 0.3) is 11.1 Å². The summed E-state index contributed by atoms with van der Waals surface area (Å²) >= 11 is 0. The summed E-state index contributed by atoms with van der Waals surface area (Å²) in [6, 6.07) is 18.5. The molecule has 0 fully saturated rings. The molecule has 1 N–H and O–H groups in total. The van der Waals surface area contributed by atoms with Crippen LogP contribution in [-0.4, -0.2) is 23.8 Å². The van der Waals surface area contributed by atoms with Crippen LogP contribution in [0.2, 0.25) is 0 Å². The molecule has 3 aromatic rings. The van der Waals surface area contributed by atoms with Crippen LogP contribution < -0.4 is 14.2 Å². The van der Waals surface area contributed by atoms with Crippen LogP contribution >= 0.6 is 0 Å². The van der Waals surface area contributed by atoms with Gasteiger partial charge in [-0.25, -0.2) is 4.79 Å². The second-order valence-corrected chi connectivity index (χ2v) is 12.3. The number of ether oxygens (including phenoxy) is 3. The maximum absolute atomic E-state index is 12.9. The Hall–Kier alpha value is -3.31. The van der Waals surface area contributed by atoms with Crippen molar-refractivity contribution in [2.45, 2.75) is 123 Å². The van der Waals surface area contributed by atoms with E-state index < -0.39 is 12.1 Å². The number of aliphatic hydroxyl groups is 1. The van der Waals surface area contributed by atoms with E-state index in [9.17, 15) is 9.90 Å². The van der Waals surface area contributed by atoms with Crippen molar-refractivity contribution in [1.82, 2.24) is 0 Å². The largest absolute Gasteiger partial charge is 0.494 e. The first-order chi connectivity index (χ1) is 21.5. The number of hydrogen-bond donors (Lipinski definition) is 1. The minimum Gasteiger partial charge on any atom is -0.494 e. The fourth-order valence-corrected chi connectivity index (χ4v) is 5.93. The Morgan fingerprint density at radius 2 is 1.20 bits per heavy atom. The lowest BCUT2D eigenvalue weighted by molar-refractivity contribution is 0.0734. The Labute approximate surface area is 264 Å². The quantitative estimate of drug-likeness (QED) is 0.0794. The summed E-state index contributed by atoms with van der Waals surface area (Å²) in [5.74, 6) is 1.49. The molecule has 0 bridgehead atoms. The number of unbranched alkanes of at least 4 members (excludes halogenated alkanes) is 11. The molecule has 0 radical (unpaired) electrons. The van der Waals surface area contributed by atoms with Crippen LogP contribution in [0.5, 0.6) is 17.2 Å². The highest BCUT2D eigenvalue weighted by atomic mass is 16.5. The normalized spacial score (nSPS) is 14.1. The highest BCUT2D eigenvalue weighted by Crippen LogP contribution is 2.46. The predicted octanol–water partition coefficient (Wildman–Crippen LogP) is 10.6. The average molecular weight is 601 g/mol. The van der Waals surface area contributed by atoms with Gasteiger partial charge < -0.3 is 19.3 Å². The van der Waals surface area contributed by atoms with Crippen molar-refractivity contribution in [3.05, 3.63) is 77.4 Å². The van der Waals surface area contributed by atoms with E-state index in [1.165, 1.54) is 70.6 Å². The standard InChI is InChI=1S/C39H52O5/c1-4-6-8-10-11-12-13-14-16-26-42-31-20-18-30(19-21-31)39(41)44-33-23-25-35-34-24-22-32(27-36(34)38(40)37(35)28-33)43-29(3)17-15-9-7-5-2/h18-25,27-29,38,40H,4-17,26H2,1-3H3/t29-,38-/m1/s1. The lowest BCUT2D eigenvalue weighted by atomic mass is 10.1. The van der Waals surface area contributed by atoms with Gasteiger partial charge in [-0.05, 0) is 97.0 Å². The summed E-state index contributed by atoms with van der Waals surface area (Å²) < 4.78 is 17.7. The van der Waals surface area contributed by atoms with E-state index in [1.54, 1.807) is 24.3 Å². The third kappa shape index (κ3) is 9.85. The average Bonchev–Trinajstić information content (AvgIpc) is 3.30. The zero-order chi connectivity index (χ0) is 31.1. The van der Waals surface area contributed by atoms with Gasteiger partial charge in [0, 0.05) is 0 Å². The second-order valence-electron chi connectivity index (χ2n) is 12.3. The van der Waals surface area contributed by atoms with E-state index >= 15 is 0 Å². The summed E-state index contributed by atoms with van der Waals surface area (Å²) in [5.41, 5.74) is 3.93. The Kier molecular flexibility index (Phi) is 13.6. The number of fused-ring (bicyclic) bond motifs is 3. The summed E-state index contributed by atoms with van der Waals surface area (Å²) in [4.78, 5) is 12.9. The second kappa shape index (κ2) is 17.9. The number of hydrogen-bond acceptors (Lipinski definition) is 5. The molecule has 2 atom stereocenters. The molecule has 0 saturated heterocycles. The Morgan fingerprint density at radius 3 is 1.84 bits per heavy atom. The van der Waals surface area contributed by atoms with Gasteiger partial charge in [0.25, 0.3) is 0 Å². The predicted molar refractivity (Wildman–Crippen MR) is 179 cm³/mol. The smallest absolute Gasteiger partial charge is 0.343 e.